The van der Waals surface area contributed by atoms with Gasteiger partial charge in [0.2, 0.25) is 10.0 Å². The van der Waals surface area contributed by atoms with Gasteiger partial charge in [0.15, 0.2) is 6.61 Å². The van der Waals surface area contributed by atoms with Crippen molar-refractivity contribution < 1.29 is 27.5 Å². The summed E-state index contributed by atoms with van der Waals surface area (Å²) in [6, 6.07) is 12.5. The molecule has 2 aromatic carbocycles. The molecule has 1 aliphatic rings. The highest BCUT2D eigenvalue weighted by Crippen LogP contribution is 2.17. The molecule has 184 valence electrons. The van der Waals surface area contributed by atoms with E-state index in [9.17, 15) is 18.0 Å². The lowest BCUT2D eigenvalue weighted by Gasteiger charge is -2.32. The van der Waals surface area contributed by atoms with Crippen LogP contribution in [-0.2, 0) is 19.6 Å². The van der Waals surface area contributed by atoms with Crippen LogP contribution in [0.4, 0.5) is 5.69 Å². The summed E-state index contributed by atoms with van der Waals surface area (Å²) in [4.78, 5) is 28.9. The number of carbonyl (C=O) groups is 2. The number of rotatable bonds is 10. The zero-order valence-electron chi connectivity index (χ0n) is 19.3. The van der Waals surface area contributed by atoms with Gasteiger partial charge < -0.3 is 24.6 Å². The van der Waals surface area contributed by atoms with Crippen molar-refractivity contribution in [2.24, 2.45) is 0 Å². The molecule has 0 atom stereocenters. The first-order valence-electron chi connectivity index (χ1n) is 10.9. The second kappa shape index (κ2) is 11.9. The number of carbonyl (C=O) groups excluding carboxylic acids is 2. The molecule has 0 aliphatic carbocycles. The molecule has 1 saturated heterocycles. The van der Waals surface area contributed by atoms with Gasteiger partial charge in [-0.25, -0.2) is 13.1 Å². The predicted molar refractivity (Wildman–Crippen MR) is 127 cm³/mol. The van der Waals surface area contributed by atoms with E-state index in [1.165, 1.54) is 31.4 Å². The van der Waals surface area contributed by atoms with Crippen molar-refractivity contribution in [1.82, 2.24) is 14.5 Å². The van der Waals surface area contributed by atoms with Crippen LogP contribution in [0.3, 0.4) is 0 Å². The third kappa shape index (κ3) is 7.26. The van der Waals surface area contributed by atoms with Crippen molar-refractivity contribution in [3.63, 3.8) is 0 Å². The SMILES string of the molecule is COCCNS(=O)(=O)c1ccc(OCC(=O)Nc2ccc(C(=O)N3CCN(C)CC3)cc2)cc1. The number of hydrogen-bond acceptors (Lipinski definition) is 7. The fourth-order valence-corrected chi connectivity index (χ4v) is 4.32. The third-order valence-corrected chi connectivity index (χ3v) is 6.79. The van der Waals surface area contributed by atoms with Gasteiger partial charge in [0, 0.05) is 51.1 Å². The maximum Gasteiger partial charge on any atom is 0.262 e. The Balaban J connectivity index is 1.47. The van der Waals surface area contributed by atoms with E-state index in [2.05, 4.69) is 14.9 Å². The number of piperazine rings is 1. The maximum absolute atomic E-state index is 12.6. The lowest BCUT2D eigenvalue weighted by Crippen LogP contribution is -2.47. The molecule has 11 heteroatoms. The first kappa shape index (κ1) is 25.6. The minimum atomic E-state index is -3.63. The van der Waals surface area contributed by atoms with Crippen molar-refractivity contribution in [1.29, 1.82) is 0 Å². The largest absolute Gasteiger partial charge is 0.484 e. The van der Waals surface area contributed by atoms with Crippen molar-refractivity contribution in [3.05, 3.63) is 54.1 Å². The summed E-state index contributed by atoms with van der Waals surface area (Å²) in [7, 11) is -0.113. The summed E-state index contributed by atoms with van der Waals surface area (Å²) in [6.45, 7) is 3.28. The maximum atomic E-state index is 12.6. The molecular formula is C23H30N4O6S. The number of nitrogens with one attached hydrogen (secondary N) is 2. The Kier molecular flexibility index (Phi) is 8.99. The van der Waals surface area contributed by atoms with Crippen molar-refractivity contribution in [2.45, 2.75) is 4.90 Å². The average molecular weight is 491 g/mol. The topological polar surface area (TPSA) is 117 Å². The van der Waals surface area contributed by atoms with Gasteiger partial charge >= 0.3 is 0 Å². The molecule has 10 nitrogen and oxygen atoms in total. The molecule has 2 N–H and O–H groups in total. The van der Waals surface area contributed by atoms with E-state index in [1.807, 2.05) is 11.9 Å². The van der Waals surface area contributed by atoms with E-state index in [0.29, 0.717) is 30.1 Å². The highest BCUT2D eigenvalue weighted by molar-refractivity contribution is 7.89. The molecule has 0 unspecified atom stereocenters. The Morgan fingerprint density at radius 3 is 2.24 bits per heavy atom. The molecule has 1 heterocycles. The number of nitrogens with zero attached hydrogens (tertiary/aromatic N) is 2. The molecule has 0 radical (unpaired) electrons. The standard InChI is InChI=1S/C23H30N4O6S/c1-26-12-14-27(15-13-26)23(29)18-3-5-19(6-4-18)25-22(28)17-33-20-7-9-21(10-8-20)34(30,31)24-11-16-32-2/h3-10,24H,11-17H2,1-2H3,(H,25,28). The summed E-state index contributed by atoms with van der Waals surface area (Å²) in [5.74, 6) is -0.0381. The number of hydrogen-bond donors (Lipinski definition) is 2. The fourth-order valence-electron chi connectivity index (χ4n) is 3.31. The fraction of sp³-hybridized carbons (Fsp3) is 0.391. The first-order valence-corrected chi connectivity index (χ1v) is 12.4. The van der Waals surface area contributed by atoms with Crippen LogP contribution in [0.15, 0.2) is 53.4 Å². The van der Waals surface area contributed by atoms with E-state index in [-0.39, 0.29) is 36.5 Å². The van der Waals surface area contributed by atoms with Gasteiger partial charge in [-0.1, -0.05) is 0 Å². The van der Waals surface area contributed by atoms with Gasteiger partial charge in [-0.2, -0.15) is 0 Å². The van der Waals surface area contributed by atoms with Crippen LogP contribution in [0.25, 0.3) is 0 Å². The number of benzene rings is 2. The van der Waals surface area contributed by atoms with Crippen molar-refractivity contribution in [3.8, 4) is 5.75 Å². The molecule has 1 fully saturated rings. The monoisotopic (exact) mass is 490 g/mol. The zero-order chi connectivity index (χ0) is 24.6. The van der Waals surface area contributed by atoms with Gasteiger partial charge in [-0.05, 0) is 55.6 Å². The van der Waals surface area contributed by atoms with Gasteiger partial charge in [0.05, 0.1) is 11.5 Å². The van der Waals surface area contributed by atoms with Crippen LogP contribution in [-0.4, -0.2) is 90.1 Å². The van der Waals surface area contributed by atoms with Crippen molar-refractivity contribution >= 4 is 27.5 Å². The van der Waals surface area contributed by atoms with Gasteiger partial charge in [-0.3, -0.25) is 9.59 Å². The van der Waals surface area contributed by atoms with Crippen LogP contribution >= 0.6 is 0 Å². The minimum Gasteiger partial charge on any atom is -0.484 e. The molecule has 0 saturated carbocycles. The highest BCUT2D eigenvalue weighted by atomic mass is 32.2. The predicted octanol–water partition coefficient (Wildman–Crippen LogP) is 1.02. The molecule has 0 bridgehead atoms. The van der Waals surface area contributed by atoms with Crippen LogP contribution in [0.2, 0.25) is 0 Å². The Morgan fingerprint density at radius 2 is 1.62 bits per heavy atom. The summed E-state index contributed by atoms with van der Waals surface area (Å²) < 4.78 is 37.0. The second-order valence-corrected chi connectivity index (χ2v) is 9.64. The molecule has 3 rings (SSSR count). The highest BCUT2D eigenvalue weighted by Gasteiger charge is 2.20. The Labute approximate surface area is 199 Å². The summed E-state index contributed by atoms with van der Waals surface area (Å²) in [5.41, 5.74) is 1.12. The van der Waals surface area contributed by atoms with Crippen LogP contribution in [0.5, 0.6) is 5.75 Å². The van der Waals surface area contributed by atoms with Crippen LogP contribution in [0, 0.1) is 0 Å². The van der Waals surface area contributed by atoms with E-state index < -0.39 is 10.0 Å². The molecule has 2 amide bonds. The Morgan fingerprint density at radius 1 is 0.971 bits per heavy atom. The molecular weight excluding hydrogens is 460 g/mol. The zero-order valence-corrected chi connectivity index (χ0v) is 20.1. The number of methoxy groups -OCH3 is 1. The van der Waals surface area contributed by atoms with Gasteiger partial charge in [0.25, 0.3) is 11.8 Å². The molecule has 0 spiro atoms. The smallest absolute Gasteiger partial charge is 0.262 e. The number of likely N-dealkylation sites (N-methyl/N-ethyl adjacent to an activating group) is 1. The Bertz CT molecular complexity index is 1070. The minimum absolute atomic E-state index is 0.0198. The van der Waals surface area contributed by atoms with E-state index >= 15 is 0 Å². The molecule has 2 aromatic rings. The summed E-state index contributed by atoms with van der Waals surface area (Å²) >= 11 is 0. The van der Waals surface area contributed by atoms with E-state index in [4.69, 9.17) is 9.47 Å². The lowest BCUT2D eigenvalue weighted by molar-refractivity contribution is -0.118. The van der Waals surface area contributed by atoms with Gasteiger partial charge in [-0.15, -0.1) is 0 Å². The third-order valence-electron chi connectivity index (χ3n) is 5.31. The normalized spacial score (nSPS) is 14.6. The van der Waals surface area contributed by atoms with Crippen LogP contribution < -0.4 is 14.8 Å². The molecule has 0 aromatic heterocycles. The summed E-state index contributed by atoms with van der Waals surface area (Å²) in [5, 5.41) is 2.71. The van der Waals surface area contributed by atoms with Crippen LogP contribution in [0.1, 0.15) is 10.4 Å². The van der Waals surface area contributed by atoms with E-state index in [1.54, 1.807) is 24.3 Å². The van der Waals surface area contributed by atoms with Gasteiger partial charge in [0.1, 0.15) is 5.75 Å². The second-order valence-electron chi connectivity index (χ2n) is 7.87. The number of amides is 2. The number of sulfonamides is 1. The quantitative estimate of drug-likeness (QED) is 0.478. The number of anilines is 1. The van der Waals surface area contributed by atoms with E-state index in [0.717, 1.165) is 13.1 Å². The Hall–Kier alpha value is -2.99. The lowest BCUT2D eigenvalue weighted by atomic mass is 10.1. The van der Waals surface area contributed by atoms with Crippen molar-refractivity contribution in [2.75, 3.05) is 65.4 Å². The molecule has 34 heavy (non-hydrogen) atoms. The average Bonchev–Trinajstić information content (AvgIpc) is 2.84. The first-order chi connectivity index (χ1) is 16.3. The number of ether oxygens (including phenoxy) is 2. The summed E-state index contributed by atoms with van der Waals surface area (Å²) in [6.07, 6.45) is 0. The molecule has 1 aliphatic heterocycles.